The van der Waals surface area contributed by atoms with Crippen LogP contribution in [0.3, 0.4) is 0 Å². The Bertz CT molecular complexity index is 1540. The molecule has 0 amide bonds. The Labute approximate surface area is 212 Å². The van der Waals surface area contributed by atoms with Crippen LogP contribution in [-0.4, -0.2) is 22.6 Å². The van der Waals surface area contributed by atoms with Crippen LogP contribution in [-0.2, 0) is 0 Å². The molecule has 0 spiro atoms. The van der Waals surface area contributed by atoms with E-state index in [0.29, 0.717) is 21.2 Å². The highest BCUT2D eigenvalue weighted by Crippen LogP contribution is 2.32. The maximum Gasteiger partial charge on any atom is 0.124 e. The Morgan fingerprint density at radius 2 is 1.09 bits per heavy atom. The van der Waals surface area contributed by atoms with Crippen LogP contribution in [0.4, 0.5) is 11.4 Å². The standard InChI is InChI=1S/C29H20Cl2N2O2/c1-17-26(32-15-24-22-9-7-20(30)13-18(22)5-11-28(24)34)3-2-4-27(17)33-16-25-23-10-8-21(31)14-19(23)6-12-29(25)35/h2-16,34-35H,1H3. The summed E-state index contributed by atoms with van der Waals surface area (Å²) in [6.07, 6.45) is 3.31. The molecule has 0 bridgehead atoms. The number of rotatable bonds is 4. The van der Waals surface area contributed by atoms with Gasteiger partial charge in [-0.15, -0.1) is 0 Å². The quantitative estimate of drug-likeness (QED) is 0.244. The Morgan fingerprint density at radius 3 is 1.54 bits per heavy atom. The first-order chi connectivity index (χ1) is 16.9. The minimum Gasteiger partial charge on any atom is -0.507 e. The zero-order valence-electron chi connectivity index (χ0n) is 18.7. The smallest absolute Gasteiger partial charge is 0.124 e. The van der Waals surface area contributed by atoms with E-state index in [-0.39, 0.29) is 11.5 Å². The highest BCUT2D eigenvalue weighted by Gasteiger charge is 2.09. The Hall–Kier alpha value is -3.86. The molecule has 5 rings (SSSR count). The van der Waals surface area contributed by atoms with Gasteiger partial charge >= 0.3 is 0 Å². The molecule has 0 unspecified atom stereocenters. The normalized spacial score (nSPS) is 11.9. The van der Waals surface area contributed by atoms with Gasteiger partial charge in [-0.05, 0) is 77.0 Å². The summed E-state index contributed by atoms with van der Waals surface area (Å²) in [6.45, 7) is 1.94. The first-order valence-electron chi connectivity index (χ1n) is 10.9. The Kier molecular flexibility index (Phi) is 6.16. The van der Waals surface area contributed by atoms with Crippen LogP contribution >= 0.6 is 23.2 Å². The fourth-order valence-corrected chi connectivity index (χ4v) is 4.42. The molecule has 5 aromatic carbocycles. The molecule has 6 heteroatoms. The van der Waals surface area contributed by atoms with E-state index in [4.69, 9.17) is 23.2 Å². The predicted octanol–water partition coefficient (Wildman–Crippen LogP) is 8.52. The Balaban J connectivity index is 1.51. The van der Waals surface area contributed by atoms with Crippen LogP contribution in [0.15, 0.2) is 88.8 Å². The van der Waals surface area contributed by atoms with Crippen molar-refractivity contribution in [3.8, 4) is 11.5 Å². The van der Waals surface area contributed by atoms with Crippen molar-refractivity contribution >= 4 is 68.6 Å². The number of halogens is 2. The van der Waals surface area contributed by atoms with Crippen LogP contribution < -0.4 is 0 Å². The third-order valence-corrected chi connectivity index (χ3v) is 6.41. The highest BCUT2D eigenvalue weighted by molar-refractivity contribution is 6.31. The van der Waals surface area contributed by atoms with E-state index < -0.39 is 0 Å². The summed E-state index contributed by atoms with van der Waals surface area (Å²) in [7, 11) is 0. The molecule has 0 radical (unpaired) electrons. The van der Waals surface area contributed by atoms with Gasteiger partial charge in [-0.25, -0.2) is 0 Å². The molecule has 0 fully saturated rings. The number of phenolic OH excluding ortho intramolecular Hbond substituents is 2. The van der Waals surface area contributed by atoms with Gasteiger partial charge < -0.3 is 10.2 Å². The van der Waals surface area contributed by atoms with Crippen molar-refractivity contribution in [2.24, 2.45) is 9.98 Å². The minimum atomic E-state index is 0.141. The van der Waals surface area contributed by atoms with Crippen LogP contribution in [0.5, 0.6) is 11.5 Å². The maximum absolute atomic E-state index is 10.4. The lowest BCUT2D eigenvalue weighted by Crippen LogP contribution is -1.88. The topological polar surface area (TPSA) is 65.2 Å². The molecule has 0 aromatic heterocycles. The number of fused-ring (bicyclic) bond motifs is 2. The summed E-state index contributed by atoms with van der Waals surface area (Å²) in [5.41, 5.74) is 3.54. The molecule has 172 valence electrons. The number of hydrogen-bond acceptors (Lipinski definition) is 4. The number of hydrogen-bond donors (Lipinski definition) is 2. The Morgan fingerprint density at radius 1 is 0.629 bits per heavy atom. The lowest BCUT2D eigenvalue weighted by Gasteiger charge is -2.08. The van der Waals surface area contributed by atoms with E-state index in [2.05, 4.69) is 9.98 Å². The van der Waals surface area contributed by atoms with Crippen LogP contribution in [0.1, 0.15) is 16.7 Å². The number of phenols is 2. The number of nitrogens with zero attached hydrogens (tertiary/aromatic N) is 2. The second kappa shape index (κ2) is 9.41. The molecule has 2 N–H and O–H groups in total. The van der Waals surface area contributed by atoms with E-state index in [1.807, 2.05) is 61.5 Å². The molecule has 0 aliphatic rings. The lowest BCUT2D eigenvalue weighted by molar-refractivity contribution is 0.475. The molecule has 0 aliphatic carbocycles. The zero-order valence-corrected chi connectivity index (χ0v) is 20.2. The third-order valence-electron chi connectivity index (χ3n) is 5.94. The molecule has 5 aromatic rings. The summed E-state index contributed by atoms with van der Waals surface area (Å²) in [4.78, 5) is 9.29. The van der Waals surface area contributed by atoms with Gasteiger partial charge in [0.2, 0.25) is 0 Å². The average Bonchev–Trinajstić information content (AvgIpc) is 2.84. The lowest BCUT2D eigenvalue weighted by atomic mass is 10.0. The largest absolute Gasteiger partial charge is 0.507 e. The highest BCUT2D eigenvalue weighted by atomic mass is 35.5. The SMILES string of the molecule is Cc1c(N=Cc2c(O)ccc3cc(Cl)ccc23)cccc1N=Cc1c(O)ccc2cc(Cl)ccc12. The molecule has 0 aliphatic heterocycles. The van der Waals surface area contributed by atoms with Gasteiger partial charge in [0.25, 0.3) is 0 Å². The summed E-state index contributed by atoms with van der Waals surface area (Å²) < 4.78 is 0. The van der Waals surface area contributed by atoms with Crippen molar-refractivity contribution in [1.29, 1.82) is 0 Å². The van der Waals surface area contributed by atoms with Gasteiger partial charge in [0, 0.05) is 39.2 Å². The molecule has 0 atom stereocenters. The molecule has 4 nitrogen and oxygen atoms in total. The molecule has 0 saturated heterocycles. The van der Waals surface area contributed by atoms with Gasteiger partial charge in [-0.3, -0.25) is 9.98 Å². The fraction of sp³-hybridized carbons (Fsp3) is 0.0345. The van der Waals surface area contributed by atoms with Crippen molar-refractivity contribution in [2.45, 2.75) is 6.92 Å². The van der Waals surface area contributed by atoms with E-state index >= 15 is 0 Å². The zero-order chi connectivity index (χ0) is 24.5. The second-order valence-electron chi connectivity index (χ2n) is 8.17. The predicted molar refractivity (Wildman–Crippen MR) is 147 cm³/mol. The van der Waals surface area contributed by atoms with E-state index in [9.17, 15) is 10.2 Å². The van der Waals surface area contributed by atoms with Crippen molar-refractivity contribution in [1.82, 2.24) is 0 Å². The van der Waals surface area contributed by atoms with Crippen molar-refractivity contribution < 1.29 is 10.2 Å². The van der Waals surface area contributed by atoms with Gasteiger partial charge in [-0.2, -0.15) is 0 Å². The summed E-state index contributed by atoms with van der Waals surface area (Å²) in [5, 5.41) is 25.7. The van der Waals surface area contributed by atoms with Crippen LogP contribution in [0, 0.1) is 6.92 Å². The number of benzene rings is 5. The number of aromatic hydroxyl groups is 2. The maximum atomic E-state index is 10.4. The summed E-state index contributed by atoms with van der Waals surface area (Å²) in [5.74, 6) is 0.281. The monoisotopic (exact) mass is 498 g/mol. The molecular formula is C29H20Cl2N2O2. The van der Waals surface area contributed by atoms with Crippen molar-refractivity contribution in [3.63, 3.8) is 0 Å². The van der Waals surface area contributed by atoms with E-state index in [0.717, 1.165) is 38.5 Å². The molecule has 35 heavy (non-hydrogen) atoms. The van der Waals surface area contributed by atoms with Crippen molar-refractivity contribution in [3.05, 3.63) is 106 Å². The second-order valence-corrected chi connectivity index (χ2v) is 9.04. The molecular weight excluding hydrogens is 479 g/mol. The first-order valence-corrected chi connectivity index (χ1v) is 11.7. The van der Waals surface area contributed by atoms with Crippen LogP contribution in [0.2, 0.25) is 10.0 Å². The summed E-state index contributed by atoms with van der Waals surface area (Å²) >= 11 is 12.2. The van der Waals surface area contributed by atoms with E-state index in [1.54, 1.807) is 36.7 Å². The van der Waals surface area contributed by atoms with Crippen LogP contribution in [0.25, 0.3) is 21.5 Å². The molecule has 0 heterocycles. The third kappa shape index (κ3) is 4.59. The van der Waals surface area contributed by atoms with Gasteiger partial charge in [-0.1, -0.05) is 53.5 Å². The van der Waals surface area contributed by atoms with Crippen molar-refractivity contribution in [2.75, 3.05) is 0 Å². The van der Waals surface area contributed by atoms with Gasteiger partial charge in [0.15, 0.2) is 0 Å². The first kappa shape index (κ1) is 22.9. The molecule has 0 saturated carbocycles. The average molecular weight is 499 g/mol. The number of aliphatic imine (C=N–C) groups is 2. The van der Waals surface area contributed by atoms with Gasteiger partial charge in [0.05, 0.1) is 11.4 Å². The summed E-state index contributed by atoms with van der Waals surface area (Å²) in [6, 6.07) is 23.6. The minimum absolute atomic E-state index is 0.141. The van der Waals surface area contributed by atoms with Gasteiger partial charge in [0.1, 0.15) is 11.5 Å². The van der Waals surface area contributed by atoms with E-state index in [1.165, 1.54) is 0 Å². The fourth-order valence-electron chi connectivity index (χ4n) is 4.06.